The third-order valence-electron chi connectivity index (χ3n) is 3.38. The number of methoxy groups -OCH3 is 2. The van der Waals surface area contributed by atoms with Crippen LogP contribution in [0.4, 0.5) is 0 Å². The van der Waals surface area contributed by atoms with Crippen molar-refractivity contribution in [3.63, 3.8) is 0 Å². The van der Waals surface area contributed by atoms with Crippen LogP contribution in [0.15, 0.2) is 18.2 Å². The van der Waals surface area contributed by atoms with Crippen molar-refractivity contribution in [2.75, 3.05) is 20.8 Å². The second-order valence-corrected chi connectivity index (χ2v) is 4.74. The first kappa shape index (κ1) is 13.2. The molecule has 1 aromatic carbocycles. The molecule has 4 heteroatoms. The molecule has 3 unspecified atom stereocenters. The quantitative estimate of drug-likeness (QED) is 0.892. The second-order valence-electron chi connectivity index (χ2n) is 4.74. The maximum absolute atomic E-state index is 10.2. The molecule has 4 nitrogen and oxygen atoms in total. The van der Waals surface area contributed by atoms with E-state index >= 15 is 0 Å². The average Bonchev–Trinajstić information content (AvgIpc) is 2.38. The van der Waals surface area contributed by atoms with Gasteiger partial charge in [0.25, 0.3) is 0 Å². The van der Waals surface area contributed by atoms with Crippen LogP contribution in [0.3, 0.4) is 0 Å². The number of fused-ring (bicyclic) bond motifs is 1. The highest BCUT2D eigenvalue weighted by Crippen LogP contribution is 2.38. The molecule has 1 aromatic rings. The summed E-state index contributed by atoms with van der Waals surface area (Å²) in [6.45, 7) is 2.68. The van der Waals surface area contributed by atoms with E-state index in [9.17, 15) is 5.11 Å². The summed E-state index contributed by atoms with van der Waals surface area (Å²) >= 11 is 0. The van der Waals surface area contributed by atoms with Crippen molar-refractivity contribution < 1.29 is 19.3 Å². The summed E-state index contributed by atoms with van der Waals surface area (Å²) in [6, 6.07) is 5.52. The predicted octanol–water partition coefficient (Wildman–Crippen LogP) is 2.16. The largest absolute Gasteiger partial charge is 0.497 e. The molecule has 1 N–H and O–H groups in total. The van der Waals surface area contributed by atoms with Gasteiger partial charge in [0, 0.05) is 31.1 Å². The minimum Gasteiger partial charge on any atom is -0.497 e. The van der Waals surface area contributed by atoms with E-state index < -0.39 is 6.10 Å². The van der Waals surface area contributed by atoms with Gasteiger partial charge in [0.1, 0.15) is 17.6 Å². The summed E-state index contributed by atoms with van der Waals surface area (Å²) < 4.78 is 16.3. The van der Waals surface area contributed by atoms with Crippen molar-refractivity contribution in [1.82, 2.24) is 0 Å². The standard InChI is InChI=1S/C14H20O4/c1-9(8-16-2)13-7-12(15)11-5-4-10(17-3)6-14(11)18-13/h4-6,9,12-13,15H,7-8H2,1-3H3. The van der Waals surface area contributed by atoms with Crippen LogP contribution in [-0.2, 0) is 4.74 Å². The summed E-state index contributed by atoms with van der Waals surface area (Å²) in [5.74, 6) is 1.69. The van der Waals surface area contributed by atoms with E-state index in [1.165, 1.54) is 0 Å². The van der Waals surface area contributed by atoms with Gasteiger partial charge in [0.05, 0.1) is 19.8 Å². The monoisotopic (exact) mass is 252 g/mol. The van der Waals surface area contributed by atoms with Crippen LogP contribution in [0, 0.1) is 5.92 Å². The summed E-state index contributed by atoms with van der Waals surface area (Å²) in [6.07, 6.45) is 0.0904. The molecular weight excluding hydrogens is 232 g/mol. The molecule has 1 aliphatic heterocycles. The zero-order valence-corrected chi connectivity index (χ0v) is 11.1. The highest BCUT2D eigenvalue weighted by molar-refractivity contribution is 5.43. The molecule has 0 aromatic heterocycles. The van der Waals surface area contributed by atoms with E-state index in [0.717, 1.165) is 11.3 Å². The lowest BCUT2D eigenvalue weighted by molar-refractivity contribution is 0.0135. The van der Waals surface area contributed by atoms with E-state index in [2.05, 4.69) is 6.92 Å². The maximum Gasteiger partial charge on any atom is 0.129 e. The van der Waals surface area contributed by atoms with Gasteiger partial charge in [0.15, 0.2) is 0 Å². The number of aliphatic hydroxyl groups is 1. The fourth-order valence-electron chi connectivity index (χ4n) is 2.30. The van der Waals surface area contributed by atoms with Crippen molar-refractivity contribution in [2.24, 2.45) is 5.92 Å². The molecule has 0 radical (unpaired) electrons. The summed E-state index contributed by atoms with van der Waals surface area (Å²) in [4.78, 5) is 0. The minimum absolute atomic E-state index is 0.0282. The van der Waals surface area contributed by atoms with E-state index in [1.54, 1.807) is 14.2 Å². The van der Waals surface area contributed by atoms with Gasteiger partial charge in [-0.05, 0) is 12.1 Å². The zero-order chi connectivity index (χ0) is 13.1. The van der Waals surface area contributed by atoms with Gasteiger partial charge in [-0.15, -0.1) is 0 Å². The Morgan fingerprint density at radius 1 is 1.44 bits per heavy atom. The lowest BCUT2D eigenvalue weighted by Crippen LogP contribution is -2.33. The molecule has 2 rings (SSSR count). The Bertz CT molecular complexity index is 405. The van der Waals surface area contributed by atoms with E-state index in [-0.39, 0.29) is 12.0 Å². The van der Waals surface area contributed by atoms with Crippen molar-refractivity contribution in [2.45, 2.75) is 25.6 Å². The number of rotatable bonds is 4. The van der Waals surface area contributed by atoms with Gasteiger partial charge in [-0.3, -0.25) is 0 Å². The first-order valence-corrected chi connectivity index (χ1v) is 6.17. The molecular formula is C14H20O4. The number of benzene rings is 1. The first-order chi connectivity index (χ1) is 8.65. The number of hydrogen-bond donors (Lipinski definition) is 1. The smallest absolute Gasteiger partial charge is 0.129 e. The van der Waals surface area contributed by atoms with Gasteiger partial charge >= 0.3 is 0 Å². The van der Waals surface area contributed by atoms with Crippen molar-refractivity contribution in [3.8, 4) is 11.5 Å². The Labute approximate surface area is 107 Å². The Hall–Kier alpha value is -1.26. The zero-order valence-electron chi connectivity index (χ0n) is 11.1. The Morgan fingerprint density at radius 2 is 2.22 bits per heavy atom. The van der Waals surface area contributed by atoms with Gasteiger partial charge < -0.3 is 19.3 Å². The molecule has 0 saturated heterocycles. The van der Waals surface area contributed by atoms with E-state index in [0.29, 0.717) is 18.8 Å². The fraction of sp³-hybridized carbons (Fsp3) is 0.571. The van der Waals surface area contributed by atoms with Crippen LogP contribution in [0.2, 0.25) is 0 Å². The third-order valence-corrected chi connectivity index (χ3v) is 3.38. The van der Waals surface area contributed by atoms with Crippen LogP contribution < -0.4 is 9.47 Å². The number of hydrogen-bond acceptors (Lipinski definition) is 4. The predicted molar refractivity (Wildman–Crippen MR) is 68.0 cm³/mol. The lowest BCUT2D eigenvalue weighted by atomic mass is 9.92. The Kier molecular flexibility index (Phi) is 4.09. The minimum atomic E-state index is -0.482. The van der Waals surface area contributed by atoms with Crippen LogP contribution in [-0.4, -0.2) is 32.0 Å². The molecule has 0 saturated carbocycles. The van der Waals surface area contributed by atoms with Gasteiger partial charge in [0.2, 0.25) is 0 Å². The van der Waals surface area contributed by atoms with Crippen LogP contribution in [0.5, 0.6) is 11.5 Å². The molecule has 0 spiro atoms. The molecule has 0 fully saturated rings. The summed E-state index contributed by atoms with van der Waals surface area (Å²) in [7, 11) is 3.29. The topological polar surface area (TPSA) is 47.9 Å². The van der Waals surface area contributed by atoms with Gasteiger partial charge in [-0.2, -0.15) is 0 Å². The average molecular weight is 252 g/mol. The molecule has 0 bridgehead atoms. The third kappa shape index (κ3) is 2.60. The normalized spacial score (nSPS) is 24.0. The van der Waals surface area contributed by atoms with Crippen molar-refractivity contribution >= 4 is 0 Å². The SMILES string of the molecule is COCC(C)C1CC(O)c2ccc(OC)cc2O1. The first-order valence-electron chi connectivity index (χ1n) is 6.17. The summed E-state index contributed by atoms with van der Waals surface area (Å²) in [5, 5.41) is 10.2. The van der Waals surface area contributed by atoms with Crippen LogP contribution >= 0.6 is 0 Å². The van der Waals surface area contributed by atoms with Crippen LogP contribution in [0.25, 0.3) is 0 Å². The highest BCUT2D eigenvalue weighted by Gasteiger charge is 2.30. The highest BCUT2D eigenvalue weighted by atomic mass is 16.5. The van der Waals surface area contributed by atoms with Crippen molar-refractivity contribution in [3.05, 3.63) is 23.8 Å². The maximum atomic E-state index is 10.2. The van der Waals surface area contributed by atoms with E-state index in [4.69, 9.17) is 14.2 Å². The van der Waals surface area contributed by atoms with E-state index in [1.807, 2.05) is 18.2 Å². The molecule has 1 heterocycles. The Morgan fingerprint density at radius 3 is 2.89 bits per heavy atom. The number of ether oxygens (including phenoxy) is 3. The van der Waals surface area contributed by atoms with Crippen molar-refractivity contribution in [1.29, 1.82) is 0 Å². The van der Waals surface area contributed by atoms with Gasteiger partial charge in [-0.1, -0.05) is 6.92 Å². The molecule has 18 heavy (non-hydrogen) atoms. The molecule has 1 aliphatic rings. The summed E-state index contributed by atoms with van der Waals surface area (Å²) in [5.41, 5.74) is 0.830. The molecule has 0 aliphatic carbocycles. The molecule has 3 atom stereocenters. The molecule has 100 valence electrons. The van der Waals surface area contributed by atoms with Gasteiger partial charge in [-0.25, -0.2) is 0 Å². The second kappa shape index (κ2) is 5.59. The van der Waals surface area contributed by atoms with Crippen LogP contribution in [0.1, 0.15) is 25.0 Å². The number of aliphatic hydroxyl groups excluding tert-OH is 1. The lowest BCUT2D eigenvalue weighted by Gasteiger charge is -2.33. The fourth-order valence-corrected chi connectivity index (χ4v) is 2.30. The molecule has 0 amide bonds. The Balaban J connectivity index is 2.20.